The Morgan fingerprint density at radius 1 is 1.05 bits per heavy atom. The number of hydrogen-bond acceptors (Lipinski definition) is 10. The van der Waals surface area contributed by atoms with Crippen LogP contribution in [0.5, 0.6) is 23.0 Å². The van der Waals surface area contributed by atoms with Gasteiger partial charge in [-0.1, -0.05) is 34.5 Å². The van der Waals surface area contributed by atoms with Gasteiger partial charge in [-0.3, -0.25) is 9.36 Å². The number of carboxylic acid groups (broad SMARTS) is 1. The van der Waals surface area contributed by atoms with Gasteiger partial charge in [0.15, 0.2) is 28.7 Å². The Labute approximate surface area is 253 Å². The van der Waals surface area contributed by atoms with Crippen molar-refractivity contribution in [1.82, 2.24) is 4.57 Å². The molecule has 0 amide bonds. The minimum atomic E-state index is -1.19. The van der Waals surface area contributed by atoms with Gasteiger partial charge in [-0.15, -0.1) is 0 Å². The second kappa shape index (κ2) is 12.9. The number of rotatable bonds is 10. The molecule has 3 aromatic rings. The fourth-order valence-electron chi connectivity index (χ4n) is 4.45. The number of ether oxygens (including phenoxy) is 5. The predicted octanol–water partition coefficient (Wildman–Crippen LogP) is 3.59. The van der Waals surface area contributed by atoms with Crippen LogP contribution in [0.4, 0.5) is 0 Å². The zero-order valence-electron chi connectivity index (χ0n) is 23.2. The van der Waals surface area contributed by atoms with Crippen molar-refractivity contribution in [3.05, 3.63) is 76.4 Å². The summed E-state index contributed by atoms with van der Waals surface area (Å²) in [5.41, 5.74) is 1.08. The first-order chi connectivity index (χ1) is 20.0. The van der Waals surface area contributed by atoms with Crippen LogP contribution < -0.4 is 33.8 Å². The van der Waals surface area contributed by atoms with Crippen LogP contribution in [0.3, 0.4) is 0 Å². The highest BCUT2D eigenvalue weighted by Crippen LogP contribution is 2.42. The fraction of sp³-hybridized carbons (Fsp3) is 0.286. The van der Waals surface area contributed by atoms with Crippen molar-refractivity contribution in [3.8, 4) is 23.0 Å². The van der Waals surface area contributed by atoms with Gasteiger partial charge < -0.3 is 28.8 Å². The molecule has 1 aromatic heterocycles. The van der Waals surface area contributed by atoms with Crippen molar-refractivity contribution in [2.45, 2.75) is 19.9 Å². The molecule has 0 radical (unpaired) electrons. The highest BCUT2D eigenvalue weighted by Gasteiger charge is 2.34. The van der Waals surface area contributed by atoms with E-state index in [4.69, 9.17) is 52.0 Å². The quantitative estimate of drug-likeness (QED) is 0.331. The Bertz CT molecular complexity index is 1730. The summed E-state index contributed by atoms with van der Waals surface area (Å²) in [6.45, 7) is 2.85. The maximum atomic E-state index is 13.9. The first-order valence-corrected chi connectivity index (χ1v) is 13.9. The number of methoxy groups -OCH3 is 3. The molecule has 0 fully saturated rings. The van der Waals surface area contributed by atoms with Crippen LogP contribution >= 0.6 is 34.5 Å². The lowest BCUT2D eigenvalue weighted by atomic mass is 9.95. The molecule has 1 aliphatic heterocycles. The molecule has 42 heavy (non-hydrogen) atoms. The first kappa shape index (κ1) is 30.9. The maximum absolute atomic E-state index is 13.9. The van der Waals surface area contributed by atoms with Crippen LogP contribution in [0.15, 0.2) is 45.3 Å². The van der Waals surface area contributed by atoms with E-state index < -0.39 is 30.1 Å². The Morgan fingerprint density at radius 3 is 2.19 bits per heavy atom. The van der Waals surface area contributed by atoms with Crippen molar-refractivity contribution >= 4 is 52.6 Å². The Balaban J connectivity index is 1.94. The highest BCUT2D eigenvalue weighted by atomic mass is 35.5. The van der Waals surface area contributed by atoms with Crippen LogP contribution in [0.1, 0.15) is 31.0 Å². The third-order valence-corrected chi connectivity index (χ3v) is 7.72. The molecule has 222 valence electrons. The van der Waals surface area contributed by atoms with Gasteiger partial charge in [0.25, 0.3) is 5.56 Å². The average Bonchev–Trinajstić information content (AvgIpc) is 3.24. The lowest BCUT2D eigenvalue weighted by molar-refractivity contribution is -0.140. The standard InChI is InChI=1S/C28H26Cl2N2O9S/c1-6-40-27(36)22-13(2)31-28-32(23(22)15-10-18(37-3)25(39-5)19(11-15)38-4)26(35)20(42-28)9-14-7-16(29)24(17(30)8-14)41-12-21(33)34/h7-11,23H,6,12H2,1-5H3,(H,33,34)/b20-9+/t23-/m1/s1. The van der Waals surface area contributed by atoms with Crippen molar-refractivity contribution in [2.75, 3.05) is 34.5 Å². The van der Waals surface area contributed by atoms with E-state index in [1.807, 2.05) is 0 Å². The predicted molar refractivity (Wildman–Crippen MR) is 156 cm³/mol. The molecule has 4 rings (SSSR count). The Kier molecular flexibility index (Phi) is 9.50. The number of carbonyl (C=O) groups is 2. The summed E-state index contributed by atoms with van der Waals surface area (Å²) in [4.78, 5) is 43.0. The monoisotopic (exact) mass is 636 g/mol. The summed E-state index contributed by atoms with van der Waals surface area (Å²) in [6.07, 6.45) is 1.57. The van der Waals surface area contributed by atoms with Crippen molar-refractivity contribution in [3.63, 3.8) is 0 Å². The molecular formula is C28H26Cl2N2O9S. The van der Waals surface area contributed by atoms with Gasteiger partial charge in [0.2, 0.25) is 5.75 Å². The molecule has 0 aliphatic carbocycles. The minimum absolute atomic E-state index is 0.0106. The number of thiazole rings is 1. The number of nitrogens with zero attached hydrogens (tertiary/aromatic N) is 2. The largest absolute Gasteiger partial charge is 0.493 e. The zero-order valence-corrected chi connectivity index (χ0v) is 25.5. The highest BCUT2D eigenvalue weighted by molar-refractivity contribution is 7.07. The van der Waals surface area contributed by atoms with Gasteiger partial charge >= 0.3 is 11.9 Å². The third-order valence-electron chi connectivity index (χ3n) is 6.18. The molecule has 1 aliphatic rings. The molecule has 0 spiro atoms. The third kappa shape index (κ3) is 5.96. The van der Waals surface area contributed by atoms with E-state index >= 15 is 0 Å². The van der Waals surface area contributed by atoms with Crippen molar-refractivity contribution < 1.29 is 38.4 Å². The zero-order chi connectivity index (χ0) is 30.7. The van der Waals surface area contributed by atoms with Crippen LogP contribution in [-0.2, 0) is 14.3 Å². The van der Waals surface area contributed by atoms with Gasteiger partial charge in [0.1, 0.15) is 0 Å². The van der Waals surface area contributed by atoms with E-state index in [9.17, 15) is 14.4 Å². The Morgan fingerprint density at radius 2 is 1.67 bits per heavy atom. The molecule has 2 aromatic carbocycles. The number of aliphatic carboxylic acids is 1. The number of carbonyl (C=O) groups excluding carboxylic acids is 1. The van der Waals surface area contributed by atoms with E-state index in [2.05, 4.69) is 4.99 Å². The number of benzene rings is 2. The van der Waals surface area contributed by atoms with Crippen LogP contribution in [0.25, 0.3) is 6.08 Å². The molecule has 2 heterocycles. The number of allylic oxidation sites excluding steroid dienone is 1. The first-order valence-electron chi connectivity index (χ1n) is 12.4. The van der Waals surface area contributed by atoms with E-state index in [0.29, 0.717) is 38.9 Å². The number of aromatic nitrogens is 1. The lowest BCUT2D eigenvalue weighted by Gasteiger charge is -2.26. The smallest absolute Gasteiger partial charge is 0.341 e. The SMILES string of the molecule is CCOC(=O)C1=C(C)N=c2s/c(=C/c3cc(Cl)c(OCC(=O)O)c(Cl)c3)c(=O)n2[C@@H]1c1cc(OC)c(OC)c(OC)c1. The van der Waals surface area contributed by atoms with E-state index in [1.54, 1.807) is 32.1 Å². The number of halogens is 2. The van der Waals surface area contributed by atoms with Crippen molar-refractivity contribution in [1.29, 1.82) is 0 Å². The van der Waals surface area contributed by atoms with Gasteiger partial charge in [-0.05, 0) is 55.3 Å². The fourth-order valence-corrected chi connectivity index (χ4v) is 6.11. The summed E-state index contributed by atoms with van der Waals surface area (Å²) in [6, 6.07) is 5.38. The second-order valence-electron chi connectivity index (χ2n) is 8.76. The molecule has 0 unspecified atom stereocenters. The van der Waals surface area contributed by atoms with Crippen molar-refractivity contribution in [2.24, 2.45) is 4.99 Å². The van der Waals surface area contributed by atoms with Crippen LogP contribution in [-0.4, -0.2) is 56.2 Å². The minimum Gasteiger partial charge on any atom is -0.493 e. The summed E-state index contributed by atoms with van der Waals surface area (Å²) in [5, 5.41) is 9.03. The second-order valence-corrected chi connectivity index (χ2v) is 10.6. The van der Waals surface area contributed by atoms with Gasteiger partial charge in [0.05, 0.1) is 59.8 Å². The average molecular weight is 637 g/mol. The van der Waals surface area contributed by atoms with E-state index in [0.717, 1.165) is 11.3 Å². The van der Waals surface area contributed by atoms with E-state index in [-0.39, 0.29) is 32.5 Å². The summed E-state index contributed by atoms with van der Waals surface area (Å²) in [7, 11) is 4.41. The number of carboxylic acids is 1. The normalized spacial score (nSPS) is 14.6. The molecule has 0 bridgehead atoms. The van der Waals surface area contributed by atoms with E-state index in [1.165, 1.54) is 38.0 Å². The number of fused-ring (bicyclic) bond motifs is 1. The topological polar surface area (TPSA) is 135 Å². The summed E-state index contributed by atoms with van der Waals surface area (Å²) in [5.74, 6) is -0.785. The van der Waals surface area contributed by atoms with Crippen LogP contribution in [0, 0.1) is 0 Å². The number of hydrogen-bond donors (Lipinski definition) is 1. The van der Waals surface area contributed by atoms with Gasteiger partial charge in [0, 0.05) is 0 Å². The van der Waals surface area contributed by atoms with Crippen LogP contribution in [0.2, 0.25) is 10.0 Å². The molecule has 11 nitrogen and oxygen atoms in total. The molecule has 1 N–H and O–H groups in total. The molecule has 1 atom stereocenters. The maximum Gasteiger partial charge on any atom is 0.341 e. The molecular weight excluding hydrogens is 611 g/mol. The van der Waals surface area contributed by atoms with Gasteiger partial charge in [-0.25, -0.2) is 14.6 Å². The summed E-state index contributed by atoms with van der Waals surface area (Å²) >= 11 is 13.7. The molecule has 0 saturated carbocycles. The molecule has 14 heteroatoms. The molecule has 0 saturated heterocycles. The lowest BCUT2D eigenvalue weighted by Crippen LogP contribution is -2.40. The summed E-state index contributed by atoms with van der Waals surface area (Å²) < 4.78 is 28.7. The number of esters is 1. The Hall–Kier alpha value is -4.00. The van der Waals surface area contributed by atoms with Gasteiger partial charge in [-0.2, -0.15) is 0 Å².